The highest BCUT2D eigenvalue weighted by molar-refractivity contribution is 7.85. The lowest BCUT2D eigenvalue weighted by molar-refractivity contribution is 0.0991. The van der Waals surface area contributed by atoms with Crippen molar-refractivity contribution in [3.05, 3.63) is 59.5 Å². The second-order valence-electron chi connectivity index (χ2n) is 4.06. The van der Waals surface area contributed by atoms with E-state index in [1.165, 1.54) is 6.26 Å². The molecule has 0 aliphatic carbocycles. The van der Waals surface area contributed by atoms with Crippen molar-refractivity contribution in [1.29, 1.82) is 0 Å². The molecular weight excluding hydrogens is 248 g/mol. The molecule has 0 saturated carbocycles. The number of aryl methyl sites for hydroxylation is 1. The maximum absolute atomic E-state index is 11.9. The van der Waals surface area contributed by atoms with Gasteiger partial charge in [0.1, 0.15) is 0 Å². The number of hydrogen-bond donors (Lipinski definition) is 0. The Kier molecular flexibility index (Phi) is 4.10. The zero-order chi connectivity index (χ0) is 13.0. The predicted octanol–water partition coefficient (Wildman–Crippen LogP) is 2.72. The van der Waals surface area contributed by atoms with Crippen molar-refractivity contribution in [2.75, 3.05) is 5.75 Å². The van der Waals surface area contributed by atoms with Gasteiger partial charge in [-0.15, -0.1) is 0 Å². The average Bonchev–Trinajstić information content (AvgIpc) is 2.85. The largest absolute Gasteiger partial charge is 0.461 e. The molecule has 18 heavy (non-hydrogen) atoms. The van der Waals surface area contributed by atoms with Crippen LogP contribution in [0.3, 0.4) is 0 Å². The van der Waals surface area contributed by atoms with Crippen LogP contribution < -0.4 is 0 Å². The number of hydrogen-bond acceptors (Lipinski definition) is 3. The van der Waals surface area contributed by atoms with E-state index in [-0.39, 0.29) is 17.3 Å². The lowest BCUT2D eigenvalue weighted by Crippen LogP contribution is -2.12. The number of carbonyl (C=O) groups is 1. The first-order valence-electron chi connectivity index (χ1n) is 5.63. The minimum Gasteiger partial charge on any atom is -0.461 e. The zero-order valence-electron chi connectivity index (χ0n) is 10.1. The van der Waals surface area contributed by atoms with E-state index in [4.69, 9.17) is 4.42 Å². The van der Waals surface area contributed by atoms with Gasteiger partial charge in [-0.25, -0.2) is 0 Å². The first kappa shape index (κ1) is 12.8. The molecule has 2 aromatic rings. The molecule has 0 N–H and O–H groups in total. The molecule has 0 aliphatic rings. The van der Waals surface area contributed by atoms with Crippen LogP contribution in [0.4, 0.5) is 0 Å². The topological polar surface area (TPSA) is 47.3 Å². The number of ketones is 1. The van der Waals surface area contributed by atoms with E-state index < -0.39 is 10.8 Å². The van der Waals surface area contributed by atoms with Crippen molar-refractivity contribution in [1.82, 2.24) is 0 Å². The van der Waals surface area contributed by atoms with Gasteiger partial charge in [0.25, 0.3) is 0 Å². The van der Waals surface area contributed by atoms with Gasteiger partial charge in [0, 0.05) is 16.6 Å². The molecule has 1 atom stereocenters. The summed E-state index contributed by atoms with van der Waals surface area (Å²) >= 11 is 0. The van der Waals surface area contributed by atoms with Gasteiger partial charge in [-0.05, 0) is 30.2 Å². The molecule has 1 aromatic carbocycles. The van der Waals surface area contributed by atoms with E-state index >= 15 is 0 Å². The third kappa shape index (κ3) is 3.17. The fourth-order valence-electron chi connectivity index (χ4n) is 1.65. The fraction of sp³-hybridized carbons (Fsp3) is 0.214. The van der Waals surface area contributed by atoms with Crippen LogP contribution in [0.5, 0.6) is 0 Å². The summed E-state index contributed by atoms with van der Waals surface area (Å²) in [6.07, 6.45) is 1.44. The van der Waals surface area contributed by atoms with Gasteiger partial charge in [-0.2, -0.15) is 0 Å². The van der Waals surface area contributed by atoms with Crippen LogP contribution in [0, 0.1) is 6.92 Å². The van der Waals surface area contributed by atoms with E-state index in [2.05, 4.69) is 0 Å². The third-order valence-corrected chi connectivity index (χ3v) is 3.88. The molecule has 0 saturated heterocycles. The summed E-state index contributed by atoms with van der Waals surface area (Å²) in [6, 6.07) is 11.0. The van der Waals surface area contributed by atoms with Gasteiger partial charge >= 0.3 is 0 Å². The average molecular weight is 262 g/mol. The highest BCUT2D eigenvalue weighted by Gasteiger charge is 2.13. The number of Topliss-reactive ketones (excluding diaryl/α,β-unsaturated/α-hetero) is 1. The van der Waals surface area contributed by atoms with Crippen molar-refractivity contribution in [3.8, 4) is 0 Å². The van der Waals surface area contributed by atoms with Crippen molar-refractivity contribution in [2.45, 2.75) is 12.7 Å². The Bertz CT molecular complexity index is 558. The maximum atomic E-state index is 11.9. The molecule has 0 aliphatic heterocycles. The highest BCUT2D eigenvalue weighted by atomic mass is 32.2. The Morgan fingerprint density at radius 1 is 1.22 bits per heavy atom. The molecule has 0 spiro atoms. The molecule has 94 valence electrons. The summed E-state index contributed by atoms with van der Waals surface area (Å²) in [5.74, 6) is 0.459. The van der Waals surface area contributed by atoms with Crippen molar-refractivity contribution in [3.63, 3.8) is 0 Å². The summed E-state index contributed by atoms with van der Waals surface area (Å²) in [6.45, 7) is 1.97. The smallest absolute Gasteiger partial charge is 0.210 e. The molecule has 1 aromatic heterocycles. The SMILES string of the molecule is Cc1ccccc1CS(=O)CC(=O)c1ccco1. The van der Waals surface area contributed by atoms with Gasteiger partial charge in [-0.3, -0.25) is 9.00 Å². The van der Waals surface area contributed by atoms with Crippen LogP contribution in [0.1, 0.15) is 21.7 Å². The summed E-state index contributed by atoms with van der Waals surface area (Å²) in [5, 5.41) is 0. The minimum atomic E-state index is -1.21. The van der Waals surface area contributed by atoms with Gasteiger partial charge in [0.15, 0.2) is 5.76 Å². The Hall–Kier alpha value is -1.68. The molecule has 0 bridgehead atoms. The molecule has 4 heteroatoms. The molecule has 2 rings (SSSR count). The molecule has 3 nitrogen and oxygen atoms in total. The molecule has 0 radical (unpaired) electrons. The molecule has 0 fully saturated rings. The van der Waals surface area contributed by atoms with Crippen LogP contribution in [0.2, 0.25) is 0 Å². The van der Waals surface area contributed by atoms with Crippen LogP contribution in [-0.2, 0) is 16.6 Å². The van der Waals surface area contributed by atoms with Gasteiger partial charge < -0.3 is 4.42 Å². The Balaban J connectivity index is 1.98. The van der Waals surface area contributed by atoms with Gasteiger partial charge in [0.2, 0.25) is 5.78 Å². The highest BCUT2D eigenvalue weighted by Crippen LogP contribution is 2.11. The summed E-state index contributed by atoms with van der Waals surface area (Å²) in [7, 11) is -1.21. The molecule has 1 heterocycles. The first-order valence-corrected chi connectivity index (χ1v) is 7.12. The number of furan rings is 1. The molecule has 0 amide bonds. The zero-order valence-corrected chi connectivity index (χ0v) is 10.9. The quantitative estimate of drug-likeness (QED) is 0.778. The van der Waals surface area contributed by atoms with Crippen molar-refractivity contribution < 1.29 is 13.4 Å². The maximum Gasteiger partial charge on any atom is 0.210 e. The van der Waals surface area contributed by atoms with E-state index in [1.807, 2.05) is 31.2 Å². The fourth-order valence-corrected chi connectivity index (χ4v) is 2.86. The number of benzene rings is 1. The summed E-state index contributed by atoms with van der Waals surface area (Å²) < 4.78 is 16.9. The second kappa shape index (κ2) is 5.78. The van der Waals surface area contributed by atoms with Crippen LogP contribution in [0.25, 0.3) is 0 Å². The Morgan fingerprint density at radius 3 is 2.67 bits per heavy atom. The van der Waals surface area contributed by atoms with E-state index in [1.54, 1.807) is 12.1 Å². The Morgan fingerprint density at radius 2 is 2.00 bits per heavy atom. The number of carbonyl (C=O) groups excluding carboxylic acids is 1. The Labute approximate surface area is 108 Å². The second-order valence-corrected chi connectivity index (χ2v) is 5.51. The molecule has 1 unspecified atom stereocenters. The van der Waals surface area contributed by atoms with Gasteiger partial charge in [-0.1, -0.05) is 24.3 Å². The number of rotatable bonds is 5. The normalized spacial score (nSPS) is 12.3. The minimum absolute atomic E-state index is 0.00183. The molecular formula is C14H14O3S. The van der Waals surface area contributed by atoms with E-state index in [9.17, 15) is 9.00 Å². The predicted molar refractivity (Wildman–Crippen MR) is 70.9 cm³/mol. The summed E-state index contributed by atoms with van der Waals surface area (Å²) in [5.41, 5.74) is 2.11. The first-order chi connectivity index (χ1) is 8.66. The standard InChI is InChI=1S/C14H14O3S/c1-11-5-2-3-6-12(11)9-18(16)10-13(15)14-7-4-8-17-14/h2-8H,9-10H2,1H3. The van der Waals surface area contributed by atoms with Crippen LogP contribution >= 0.6 is 0 Å². The van der Waals surface area contributed by atoms with E-state index in [0.717, 1.165) is 11.1 Å². The van der Waals surface area contributed by atoms with Crippen LogP contribution in [-0.4, -0.2) is 15.7 Å². The van der Waals surface area contributed by atoms with Crippen molar-refractivity contribution in [2.24, 2.45) is 0 Å². The monoisotopic (exact) mass is 262 g/mol. The van der Waals surface area contributed by atoms with E-state index in [0.29, 0.717) is 5.75 Å². The van der Waals surface area contributed by atoms with Crippen molar-refractivity contribution >= 4 is 16.6 Å². The third-order valence-electron chi connectivity index (χ3n) is 2.67. The van der Waals surface area contributed by atoms with Crippen LogP contribution in [0.15, 0.2) is 47.1 Å². The lowest BCUT2D eigenvalue weighted by Gasteiger charge is -2.04. The van der Waals surface area contributed by atoms with Gasteiger partial charge in [0.05, 0.1) is 12.0 Å². The lowest BCUT2D eigenvalue weighted by atomic mass is 10.1. The summed E-state index contributed by atoms with van der Waals surface area (Å²) in [4.78, 5) is 11.7.